The van der Waals surface area contributed by atoms with Crippen molar-refractivity contribution in [3.8, 4) is 5.75 Å². The van der Waals surface area contributed by atoms with Crippen molar-refractivity contribution in [3.05, 3.63) is 29.8 Å². The molecule has 128 valence electrons. The molecule has 0 radical (unpaired) electrons. The van der Waals surface area contributed by atoms with Crippen molar-refractivity contribution >= 4 is 24.1 Å². The van der Waals surface area contributed by atoms with Crippen LogP contribution >= 0.6 is 12.4 Å². The Balaban J connectivity index is 0.00000264. The van der Waals surface area contributed by atoms with E-state index in [1.54, 1.807) is 31.2 Å². The van der Waals surface area contributed by atoms with E-state index < -0.39 is 6.10 Å². The van der Waals surface area contributed by atoms with Gasteiger partial charge >= 0.3 is 0 Å². The molecule has 0 aromatic heterocycles. The summed E-state index contributed by atoms with van der Waals surface area (Å²) < 4.78 is 5.71. The predicted octanol–water partition coefficient (Wildman–Crippen LogP) is 2.29. The highest BCUT2D eigenvalue weighted by atomic mass is 35.5. The van der Waals surface area contributed by atoms with Gasteiger partial charge in [0.15, 0.2) is 11.9 Å². The topological polar surface area (TPSA) is 58.6 Å². The molecule has 5 nitrogen and oxygen atoms in total. The van der Waals surface area contributed by atoms with Crippen LogP contribution in [0.5, 0.6) is 5.75 Å². The normalized spacial score (nSPS) is 16.4. The lowest BCUT2D eigenvalue weighted by Gasteiger charge is -2.33. The van der Waals surface area contributed by atoms with Crippen LogP contribution in [0.3, 0.4) is 0 Å². The van der Waals surface area contributed by atoms with Crippen LogP contribution in [-0.2, 0) is 4.79 Å². The number of amides is 1. The fraction of sp³-hybridized carbons (Fsp3) is 0.529. The quantitative estimate of drug-likeness (QED) is 0.835. The van der Waals surface area contributed by atoms with Crippen molar-refractivity contribution in [1.82, 2.24) is 10.2 Å². The number of carbonyl (C=O) groups excluding carboxylic acids is 2. The zero-order valence-corrected chi connectivity index (χ0v) is 14.7. The predicted molar refractivity (Wildman–Crippen MR) is 92.4 cm³/mol. The first kappa shape index (κ1) is 19.5. The molecule has 0 bridgehead atoms. The lowest BCUT2D eigenvalue weighted by atomic mass is 10.0. The van der Waals surface area contributed by atoms with E-state index in [-0.39, 0.29) is 24.1 Å². The van der Waals surface area contributed by atoms with Crippen molar-refractivity contribution < 1.29 is 14.3 Å². The largest absolute Gasteiger partial charge is 0.481 e. The second kappa shape index (κ2) is 8.89. The van der Waals surface area contributed by atoms with E-state index in [2.05, 4.69) is 5.32 Å². The standard InChI is InChI=1S/C17H24N2O3.ClH/c1-12(20)14-5-4-6-16(11-14)22-13(2)17(21)19-9-7-15(18-3)8-10-19;/h4-6,11,13,15,18H,7-10H2,1-3H3;1H. The maximum Gasteiger partial charge on any atom is 0.263 e. The maximum absolute atomic E-state index is 12.4. The molecule has 1 aromatic rings. The number of ether oxygens (including phenoxy) is 1. The Bertz CT molecular complexity index is 542. The van der Waals surface area contributed by atoms with E-state index in [0.717, 1.165) is 25.9 Å². The molecule has 1 unspecified atom stereocenters. The van der Waals surface area contributed by atoms with Gasteiger partial charge < -0.3 is 15.0 Å². The molecule has 0 aliphatic carbocycles. The van der Waals surface area contributed by atoms with Crippen LogP contribution in [0.4, 0.5) is 0 Å². The molecule has 1 aliphatic rings. The first-order chi connectivity index (χ1) is 10.5. The Morgan fingerprint density at radius 3 is 2.52 bits per heavy atom. The lowest BCUT2D eigenvalue weighted by Crippen LogP contribution is -2.48. The first-order valence-electron chi connectivity index (χ1n) is 7.75. The summed E-state index contributed by atoms with van der Waals surface area (Å²) in [6.07, 6.45) is 1.39. The fourth-order valence-corrected chi connectivity index (χ4v) is 2.69. The second-order valence-corrected chi connectivity index (χ2v) is 5.73. The molecular formula is C17H25ClN2O3. The molecule has 2 rings (SSSR count). The number of halogens is 1. The lowest BCUT2D eigenvalue weighted by molar-refractivity contribution is -0.139. The van der Waals surface area contributed by atoms with Gasteiger partial charge in [0.2, 0.25) is 0 Å². The Morgan fingerprint density at radius 2 is 1.96 bits per heavy atom. The van der Waals surface area contributed by atoms with Crippen molar-refractivity contribution in [2.75, 3.05) is 20.1 Å². The number of benzene rings is 1. The molecule has 1 saturated heterocycles. The highest BCUT2D eigenvalue weighted by Gasteiger charge is 2.26. The summed E-state index contributed by atoms with van der Waals surface area (Å²) in [5.41, 5.74) is 0.590. The highest BCUT2D eigenvalue weighted by molar-refractivity contribution is 5.94. The molecule has 1 heterocycles. The van der Waals surface area contributed by atoms with Crippen LogP contribution in [-0.4, -0.2) is 48.9 Å². The minimum Gasteiger partial charge on any atom is -0.481 e. The number of likely N-dealkylation sites (tertiary alicyclic amines) is 1. The summed E-state index contributed by atoms with van der Waals surface area (Å²) >= 11 is 0. The maximum atomic E-state index is 12.4. The Labute approximate surface area is 143 Å². The Kier molecular flexibility index (Phi) is 7.52. The van der Waals surface area contributed by atoms with Crippen molar-refractivity contribution in [2.24, 2.45) is 0 Å². The number of piperidine rings is 1. The van der Waals surface area contributed by atoms with Crippen LogP contribution < -0.4 is 10.1 Å². The van der Waals surface area contributed by atoms with Gasteiger partial charge in [0, 0.05) is 24.7 Å². The van der Waals surface area contributed by atoms with E-state index in [1.807, 2.05) is 11.9 Å². The molecule has 1 N–H and O–H groups in total. The van der Waals surface area contributed by atoms with E-state index in [0.29, 0.717) is 17.4 Å². The van der Waals surface area contributed by atoms with Gasteiger partial charge in [0.1, 0.15) is 5.75 Å². The second-order valence-electron chi connectivity index (χ2n) is 5.73. The third-order valence-electron chi connectivity index (χ3n) is 4.12. The number of ketones is 1. The number of hydrogen-bond donors (Lipinski definition) is 1. The summed E-state index contributed by atoms with van der Waals surface area (Å²) in [4.78, 5) is 25.7. The zero-order chi connectivity index (χ0) is 16.1. The van der Waals surface area contributed by atoms with E-state index in [4.69, 9.17) is 4.74 Å². The summed E-state index contributed by atoms with van der Waals surface area (Å²) in [6, 6.07) is 7.45. The highest BCUT2D eigenvalue weighted by Crippen LogP contribution is 2.17. The average Bonchev–Trinajstić information content (AvgIpc) is 2.54. The summed E-state index contributed by atoms with van der Waals surface area (Å²) in [6.45, 7) is 4.78. The number of Topliss-reactive ketones (excluding diaryl/α,β-unsaturated/α-hetero) is 1. The molecule has 23 heavy (non-hydrogen) atoms. The van der Waals surface area contributed by atoms with Crippen molar-refractivity contribution in [2.45, 2.75) is 38.8 Å². The monoisotopic (exact) mass is 340 g/mol. The molecule has 1 amide bonds. The van der Waals surface area contributed by atoms with Gasteiger partial charge in [0.05, 0.1) is 0 Å². The zero-order valence-electron chi connectivity index (χ0n) is 13.9. The van der Waals surface area contributed by atoms with Crippen molar-refractivity contribution in [1.29, 1.82) is 0 Å². The third kappa shape index (κ3) is 5.22. The summed E-state index contributed by atoms with van der Waals surface area (Å²) in [5.74, 6) is 0.542. The molecule has 1 aliphatic heterocycles. The van der Waals surface area contributed by atoms with Crippen molar-refractivity contribution in [3.63, 3.8) is 0 Å². The first-order valence-corrected chi connectivity index (χ1v) is 7.75. The number of rotatable bonds is 5. The molecule has 0 spiro atoms. The van der Waals surface area contributed by atoms with Crippen LogP contribution in [0.1, 0.15) is 37.0 Å². The summed E-state index contributed by atoms with van der Waals surface area (Å²) in [5, 5.41) is 3.25. The molecular weight excluding hydrogens is 316 g/mol. The molecule has 1 atom stereocenters. The minimum absolute atomic E-state index is 0. The van der Waals surface area contributed by atoms with E-state index in [1.165, 1.54) is 6.92 Å². The minimum atomic E-state index is -0.548. The fourth-order valence-electron chi connectivity index (χ4n) is 2.69. The van der Waals surface area contributed by atoms with Crippen LogP contribution in [0.15, 0.2) is 24.3 Å². The molecule has 1 fully saturated rings. The molecule has 1 aromatic carbocycles. The van der Waals surface area contributed by atoms with Gasteiger partial charge in [0.25, 0.3) is 5.91 Å². The van der Waals surface area contributed by atoms with Gasteiger partial charge in [-0.3, -0.25) is 9.59 Å². The van der Waals surface area contributed by atoms with Crippen LogP contribution in [0.25, 0.3) is 0 Å². The number of carbonyl (C=O) groups is 2. The number of nitrogens with zero attached hydrogens (tertiary/aromatic N) is 1. The third-order valence-corrected chi connectivity index (χ3v) is 4.12. The van der Waals surface area contributed by atoms with E-state index in [9.17, 15) is 9.59 Å². The summed E-state index contributed by atoms with van der Waals surface area (Å²) in [7, 11) is 1.95. The Hall–Kier alpha value is -1.59. The smallest absolute Gasteiger partial charge is 0.263 e. The molecule has 6 heteroatoms. The van der Waals surface area contributed by atoms with Gasteiger partial charge in [-0.25, -0.2) is 0 Å². The number of hydrogen-bond acceptors (Lipinski definition) is 4. The van der Waals surface area contributed by atoms with Crippen LogP contribution in [0, 0.1) is 0 Å². The van der Waals surface area contributed by atoms with Gasteiger partial charge in [-0.05, 0) is 45.9 Å². The van der Waals surface area contributed by atoms with Crippen LogP contribution in [0.2, 0.25) is 0 Å². The van der Waals surface area contributed by atoms with Gasteiger partial charge in [-0.2, -0.15) is 0 Å². The van der Waals surface area contributed by atoms with E-state index >= 15 is 0 Å². The molecule has 0 saturated carbocycles. The number of nitrogens with one attached hydrogen (secondary N) is 1. The Morgan fingerprint density at radius 1 is 1.30 bits per heavy atom. The van der Waals surface area contributed by atoms with Gasteiger partial charge in [-0.15, -0.1) is 12.4 Å². The van der Waals surface area contributed by atoms with Gasteiger partial charge in [-0.1, -0.05) is 12.1 Å². The average molecular weight is 341 g/mol. The SMILES string of the molecule is CNC1CCN(C(=O)C(C)Oc2cccc(C(C)=O)c2)CC1.Cl.